The number of nitrogens with zero attached hydrogens (tertiary/aromatic N) is 1. The zero-order chi connectivity index (χ0) is 25.1. The molecule has 0 bridgehead atoms. The van der Waals surface area contributed by atoms with Crippen molar-refractivity contribution in [1.29, 1.82) is 0 Å². The number of aliphatic hydroxyl groups is 1. The Hall–Kier alpha value is -3.62. The van der Waals surface area contributed by atoms with Gasteiger partial charge in [-0.05, 0) is 16.7 Å². The van der Waals surface area contributed by atoms with Crippen LogP contribution in [0.3, 0.4) is 0 Å². The molecule has 2 amide bonds. The number of hydrogen-bond donors (Lipinski definition) is 2. The Morgan fingerprint density at radius 2 is 1.53 bits per heavy atom. The Bertz CT molecular complexity index is 1200. The number of hydrogen-bond acceptors (Lipinski definition) is 6. The van der Waals surface area contributed by atoms with Crippen LogP contribution in [0.25, 0.3) is 0 Å². The Kier molecular flexibility index (Phi) is 6.80. The van der Waals surface area contributed by atoms with Crippen molar-refractivity contribution in [2.24, 2.45) is 0 Å². The lowest BCUT2D eigenvalue weighted by Crippen LogP contribution is -2.75. The normalized spacial score (nSPS) is 22.9. The third-order valence-corrected chi connectivity index (χ3v) is 7.91. The van der Waals surface area contributed by atoms with E-state index in [9.17, 15) is 19.5 Å². The predicted octanol–water partition coefficient (Wildman–Crippen LogP) is 2.69. The first kappa shape index (κ1) is 24.1. The third kappa shape index (κ3) is 4.87. The van der Waals surface area contributed by atoms with E-state index in [4.69, 9.17) is 4.74 Å². The monoisotopic (exact) mass is 502 g/mol. The smallest absolute Gasteiger partial charge is 0.341 e. The lowest BCUT2D eigenvalue weighted by Gasteiger charge is -2.52. The van der Waals surface area contributed by atoms with E-state index in [1.54, 1.807) is 0 Å². The highest BCUT2D eigenvalue weighted by Gasteiger charge is 2.57. The molecule has 7 nitrogen and oxygen atoms in total. The number of amides is 2. The van der Waals surface area contributed by atoms with Crippen molar-refractivity contribution in [3.05, 3.63) is 108 Å². The average Bonchev–Trinajstić information content (AvgIpc) is 2.92. The van der Waals surface area contributed by atoms with Gasteiger partial charge in [-0.2, -0.15) is 0 Å². The van der Waals surface area contributed by atoms with E-state index in [0.717, 1.165) is 16.7 Å². The van der Waals surface area contributed by atoms with Gasteiger partial charge >= 0.3 is 5.97 Å². The average molecular weight is 503 g/mol. The number of nitrogens with one attached hydrogen (secondary N) is 1. The maximum absolute atomic E-state index is 13.2. The quantitative estimate of drug-likeness (QED) is 0.381. The number of carbonyl (C=O) groups excluding carboxylic acids is 3. The number of thioether (sulfide) groups is 1. The molecule has 3 atom stereocenters. The zero-order valence-corrected chi connectivity index (χ0v) is 20.3. The highest BCUT2D eigenvalue weighted by Crippen LogP contribution is 2.39. The van der Waals surface area contributed by atoms with Gasteiger partial charge in [0.25, 0.3) is 0 Å². The molecule has 8 heteroatoms. The van der Waals surface area contributed by atoms with E-state index in [0.29, 0.717) is 0 Å². The van der Waals surface area contributed by atoms with Crippen LogP contribution in [-0.2, 0) is 25.5 Å². The van der Waals surface area contributed by atoms with Gasteiger partial charge in [-0.3, -0.25) is 9.59 Å². The second-order valence-electron chi connectivity index (χ2n) is 9.01. The Morgan fingerprint density at radius 3 is 2.11 bits per heavy atom. The van der Waals surface area contributed by atoms with Crippen LogP contribution in [0.2, 0.25) is 0 Å². The molecule has 2 fully saturated rings. The van der Waals surface area contributed by atoms with Gasteiger partial charge in [-0.25, -0.2) is 4.79 Å². The van der Waals surface area contributed by atoms with Crippen LogP contribution in [0.15, 0.2) is 91.0 Å². The summed E-state index contributed by atoms with van der Waals surface area (Å²) in [5.41, 5.74) is 0.572. The molecule has 2 heterocycles. The molecule has 0 radical (unpaired) electrons. The Balaban J connectivity index is 1.24. The highest BCUT2D eigenvalue weighted by atomic mass is 32.2. The minimum absolute atomic E-state index is 0.0572. The van der Waals surface area contributed by atoms with Crippen LogP contribution in [0.1, 0.15) is 22.8 Å². The summed E-state index contributed by atoms with van der Waals surface area (Å²) < 4.78 is 5.86. The first-order valence-electron chi connectivity index (χ1n) is 11.7. The van der Waals surface area contributed by atoms with Gasteiger partial charge in [-0.1, -0.05) is 91.0 Å². The third-order valence-electron chi connectivity index (χ3n) is 6.40. The molecule has 2 aliphatic rings. The molecule has 3 aromatic carbocycles. The minimum Gasteiger partial charge on any atom is -0.450 e. The highest BCUT2D eigenvalue weighted by molar-refractivity contribution is 8.00. The summed E-state index contributed by atoms with van der Waals surface area (Å²) in [7, 11) is 0. The number of rotatable bonds is 7. The summed E-state index contributed by atoms with van der Waals surface area (Å²) in [6.45, 7) is -0.177. The van der Waals surface area contributed by atoms with Crippen molar-refractivity contribution in [1.82, 2.24) is 10.2 Å². The van der Waals surface area contributed by atoms with Gasteiger partial charge in [-0.15, -0.1) is 11.8 Å². The molecule has 2 aliphatic heterocycles. The molecule has 2 saturated heterocycles. The number of esters is 1. The second kappa shape index (κ2) is 10.2. The maximum atomic E-state index is 13.2. The summed E-state index contributed by atoms with van der Waals surface area (Å²) in [5.74, 6) is -1.28. The fourth-order valence-corrected chi connectivity index (χ4v) is 5.88. The van der Waals surface area contributed by atoms with Crippen molar-refractivity contribution in [2.75, 3.05) is 12.3 Å². The van der Waals surface area contributed by atoms with Crippen LogP contribution in [0.5, 0.6) is 0 Å². The molecule has 2 N–H and O–H groups in total. The lowest BCUT2D eigenvalue weighted by atomic mass is 9.98. The number of fused-ring (bicyclic) bond motifs is 1. The number of benzene rings is 3. The van der Waals surface area contributed by atoms with E-state index >= 15 is 0 Å². The van der Waals surface area contributed by atoms with Gasteiger partial charge in [0.15, 0.2) is 11.7 Å². The van der Waals surface area contributed by atoms with Gasteiger partial charge in [0.2, 0.25) is 11.8 Å². The predicted molar refractivity (Wildman–Crippen MR) is 136 cm³/mol. The topological polar surface area (TPSA) is 95.9 Å². The fraction of sp³-hybridized carbons (Fsp3) is 0.250. The van der Waals surface area contributed by atoms with Gasteiger partial charge < -0.3 is 20.1 Å². The summed E-state index contributed by atoms with van der Waals surface area (Å²) in [6.07, 6.45) is -0.512. The summed E-state index contributed by atoms with van der Waals surface area (Å²) >= 11 is 1.27. The molecule has 3 aromatic rings. The molecule has 36 heavy (non-hydrogen) atoms. The maximum Gasteiger partial charge on any atom is 0.341 e. The molecule has 0 aromatic heterocycles. The molecule has 0 aliphatic carbocycles. The van der Waals surface area contributed by atoms with Crippen LogP contribution in [0.4, 0.5) is 0 Å². The van der Waals surface area contributed by atoms with Crippen LogP contribution >= 0.6 is 11.8 Å². The molecule has 5 rings (SSSR count). The summed E-state index contributed by atoms with van der Waals surface area (Å²) in [4.78, 5) is 39.9. The Morgan fingerprint density at radius 1 is 0.972 bits per heavy atom. The number of β-lactam (4-membered cyclic amide) rings is 1. The van der Waals surface area contributed by atoms with Gasteiger partial charge in [0.05, 0.1) is 13.0 Å². The zero-order valence-electron chi connectivity index (χ0n) is 19.4. The van der Waals surface area contributed by atoms with E-state index in [-0.39, 0.29) is 35.9 Å². The lowest BCUT2D eigenvalue weighted by molar-refractivity contribution is -0.175. The second-order valence-corrected chi connectivity index (χ2v) is 10.1. The van der Waals surface area contributed by atoms with Crippen molar-refractivity contribution in [3.63, 3.8) is 0 Å². The van der Waals surface area contributed by atoms with Crippen molar-refractivity contribution in [3.8, 4) is 0 Å². The van der Waals surface area contributed by atoms with Crippen molar-refractivity contribution < 1.29 is 24.2 Å². The molecular formula is C28H26N2O5S. The van der Waals surface area contributed by atoms with E-state index < -0.39 is 23.7 Å². The van der Waals surface area contributed by atoms with Gasteiger partial charge in [0, 0.05) is 5.75 Å². The molecule has 0 saturated carbocycles. The van der Waals surface area contributed by atoms with E-state index in [1.165, 1.54) is 16.7 Å². The van der Waals surface area contributed by atoms with Gasteiger partial charge in [0.1, 0.15) is 11.4 Å². The molecule has 2 unspecified atom stereocenters. The first-order valence-corrected chi connectivity index (χ1v) is 12.8. The largest absolute Gasteiger partial charge is 0.450 e. The fourth-order valence-electron chi connectivity index (χ4n) is 4.49. The number of ether oxygens (including phenoxy) is 1. The van der Waals surface area contributed by atoms with Crippen LogP contribution in [-0.4, -0.2) is 57.1 Å². The minimum atomic E-state index is -1.85. The van der Waals surface area contributed by atoms with E-state index in [2.05, 4.69) is 5.32 Å². The van der Waals surface area contributed by atoms with Crippen LogP contribution in [0, 0.1) is 0 Å². The number of carbonyl (C=O) groups is 3. The van der Waals surface area contributed by atoms with Crippen LogP contribution < -0.4 is 5.32 Å². The van der Waals surface area contributed by atoms with Crippen molar-refractivity contribution in [2.45, 2.75) is 29.5 Å². The van der Waals surface area contributed by atoms with Crippen molar-refractivity contribution >= 4 is 29.5 Å². The first-order chi connectivity index (χ1) is 17.4. The SMILES string of the molecule is O=C(Cc1ccccc1)NC1C(=O)N2CC(O)(C(=O)OC(c3ccccc3)c3ccccc3)CS[C@H]12. The summed E-state index contributed by atoms with van der Waals surface area (Å²) in [6, 6.07) is 27.3. The van der Waals surface area contributed by atoms with E-state index in [1.807, 2.05) is 91.0 Å². The molecular weight excluding hydrogens is 476 g/mol. The standard InChI is InChI=1S/C28H26N2O5S/c31-22(16-19-10-4-1-5-11-19)29-23-25(32)30-17-28(34,18-36-26(23)30)27(33)35-24(20-12-6-2-7-13-20)21-14-8-3-9-15-21/h1-15,23-24,26,34H,16-18H2,(H,29,31)/t23?,26-,28?/m1/s1. The molecule has 0 spiro atoms. The molecule has 184 valence electrons. The summed E-state index contributed by atoms with van der Waals surface area (Å²) in [5, 5.41) is 13.7. The Labute approximate surface area is 213 Å².